The SMILES string of the molecule is CC(NC(=O)C(C)(C)CN)C1CCOCC1. The van der Waals surface area contributed by atoms with Crippen LogP contribution in [0.3, 0.4) is 0 Å². The van der Waals surface area contributed by atoms with E-state index in [1.54, 1.807) is 0 Å². The minimum Gasteiger partial charge on any atom is -0.381 e. The maximum absolute atomic E-state index is 11.9. The van der Waals surface area contributed by atoms with Crippen molar-refractivity contribution in [2.45, 2.75) is 39.7 Å². The van der Waals surface area contributed by atoms with Gasteiger partial charge in [0.25, 0.3) is 0 Å². The number of amides is 1. The number of ether oxygens (including phenoxy) is 1. The predicted molar refractivity (Wildman–Crippen MR) is 64.0 cm³/mol. The van der Waals surface area contributed by atoms with E-state index in [4.69, 9.17) is 10.5 Å². The van der Waals surface area contributed by atoms with E-state index in [9.17, 15) is 4.79 Å². The molecule has 4 heteroatoms. The summed E-state index contributed by atoms with van der Waals surface area (Å²) in [5, 5.41) is 3.07. The second-order valence-corrected chi connectivity index (χ2v) is 5.30. The first kappa shape index (κ1) is 13.5. The van der Waals surface area contributed by atoms with Crippen LogP contribution >= 0.6 is 0 Å². The molecular weight excluding hydrogens is 204 g/mol. The van der Waals surface area contributed by atoms with Crippen molar-refractivity contribution in [1.29, 1.82) is 0 Å². The molecule has 1 heterocycles. The molecule has 0 bridgehead atoms. The molecule has 1 rings (SSSR count). The van der Waals surface area contributed by atoms with Gasteiger partial charge < -0.3 is 15.8 Å². The van der Waals surface area contributed by atoms with Crippen molar-refractivity contribution in [3.8, 4) is 0 Å². The Kier molecular flexibility index (Phi) is 4.74. The second kappa shape index (κ2) is 5.64. The summed E-state index contributed by atoms with van der Waals surface area (Å²) in [6.07, 6.45) is 2.06. The van der Waals surface area contributed by atoms with Crippen LogP contribution in [0.15, 0.2) is 0 Å². The number of carbonyl (C=O) groups is 1. The van der Waals surface area contributed by atoms with E-state index in [-0.39, 0.29) is 11.9 Å². The molecule has 0 aliphatic carbocycles. The lowest BCUT2D eigenvalue weighted by Crippen LogP contribution is -2.48. The van der Waals surface area contributed by atoms with Gasteiger partial charge in [0.2, 0.25) is 5.91 Å². The van der Waals surface area contributed by atoms with Gasteiger partial charge in [-0.1, -0.05) is 0 Å². The molecule has 1 atom stereocenters. The lowest BCUT2D eigenvalue weighted by atomic mass is 9.89. The molecule has 0 spiro atoms. The van der Waals surface area contributed by atoms with E-state index >= 15 is 0 Å². The first-order valence-corrected chi connectivity index (χ1v) is 6.06. The van der Waals surface area contributed by atoms with Crippen molar-refractivity contribution in [3.63, 3.8) is 0 Å². The molecular formula is C12H24N2O2. The van der Waals surface area contributed by atoms with Crippen LogP contribution in [0, 0.1) is 11.3 Å². The monoisotopic (exact) mass is 228 g/mol. The molecule has 1 amide bonds. The van der Waals surface area contributed by atoms with Gasteiger partial charge in [-0.3, -0.25) is 4.79 Å². The van der Waals surface area contributed by atoms with Crippen LogP contribution in [-0.2, 0) is 9.53 Å². The molecule has 4 nitrogen and oxygen atoms in total. The van der Waals surface area contributed by atoms with E-state index in [1.165, 1.54) is 0 Å². The Bertz CT molecular complexity index is 235. The third kappa shape index (κ3) is 3.46. The van der Waals surface area contributed by atoms with Crippen molar-refractivity contribution in [1.82, 2.24) is 5.32 Å². The van der Waals surface area contributed by atoms with E-state index < -0.39 is 5.41 Å². The number of hydrogen-bond acceptors (Lipinski definition) is 3. The Hall–Kier alpha value is -0.610. The normalized spacial score (nSPS) is 20.5. The highest BCUT2D eigenvalue weighted by Gasteiger charge is 2.29. The molecule has 0 radical (unpaired) electrons. The topological polar surface area (TPSA) is 64.4 Å². The summed E-state index contributed by atoms with van der Waals surface area (Å²) in [7, 11) is 0. The van der Waals surface area contributed by atoms with Crippen LogP contribution in [0.4, 0.5) is 0 Å². The van der Waals surface area contributed by atoms with E-state index in [1.807, 2.05) is 13.8 Å². The zero-order valence-corrected chi connectivity index (χ0v) is 10.6. The molecule has 0 aromatic rings. The summed E-state index contributed by atoms with van der Waals surface area (Å²) in [6.45, 7) is 7.81. The minimum atomic E-state index is -0.473. The van der Waals surface area contributed by atoms with Gasteiger partial charge in [-0.15, -0.1) is 0 Å². The van der Waals surface area contributed by atoms with Gasteiger partial charge >= 0.3 is 0 Å². The molecule has 16 heavy (non-hydrogen) atoms. The lowest BCUT2D eigenvalue weighted by Gasteiger charge is -2.31. The third-order valence-electron chi connectivity index (χ3n) is 3.46. The zero-order valence-electron chi connectivity index (χ0n) is 10.6. The number of carbonyl (C=O) groups excluding carboxylic acids is 1. The van der Waals surface area contributed by atoms with Gasteiger partial charge in [-0.05, 0) is 39.5 Å². The molecule has 1 aliphatic heterocycles. The summed E-state index contributed by atoms with van der Waals surface area (Å²) in [4.78, 5) is 11.9. The Balaban J connectivity index is 2.43. The maximum Gasteiger partial charge on any atom is 0.227 e. The fourth-order valence-corrected chi connectivity index (χ4v) is 1.83. The largest absolute Gasteiger partial charge is 0.381 e. The average Bonchev–Trinajstić information content (AvgIpc) is 2.30. The van der Waals surface area contributed by atoms with E-state index in [2.05, 4.69) is 12.2 Å². The molecule has 0 aromatic heterocycles. The molecule has 1 unspecified atom stereocenters. The Morgan fingerprint density at radius 1 is 1.50 bits per heavy atom. The summed E-state index contributed by atoms with van der Waals surface area (Å²) < 4.78 is 5.31. The minimum absolute atomic E-state index is 0.0500. The van der Waals surface area contributed by atoms with Gasteiger partial charge in [0, 0.05) is 25.8 Å². The maximum atomic E-state index is 11.9. The van der Waals surface area contributed by atoms with Gasteiger partial charge in [0.05, 0.1) is 5.41 Å². The Labute approximate surface area is 97.9 Å². The predicted octanol–water partition coefficient (Wildman–Crippen LogP) is 0.903. The van der Waals surface area contributed by atoms with Crippen LogP contribution in [0.25, 0.3) is 0 Å². The van der Waals surface area contributed by atoms with E-state index in [0.717, 1.165) is 26.1 Å². The fourth-order valence-electron chi connectivity index (χ4n) is 1.83. The molecule has 1 saturated heterocycles. The average molecular weight is 228 g/mol. The molecule has 94 valence electrons. The summed E-state index contributed by atoms with van der Waals surface area (Å²) in [5.41, 5.74) is 5.11. The Morgan fingerprint density at radius 2 is 2.06 bits per heavy atom. The van der Waals surface area contributed by atoms with Crippen LogP contribution < -0.4 is 11.1 Å². The molecule has 1 aliphatic rings. The number of nitrogens with two attached hydrogens (primary N) is 1. The van der Waals surface area contributed by atoms with Crippen LogP contribution in [0.5, 0.6) is 0 Å². The number of rotatable bonds is 4. The van der Waals surface area contributed by atoms with Crippen LogP contribution in [-0.4, -0.2) is 31.7 Å². The van der Waals surface area contributed by atoms with Gasteiger partial charge in [0.1, 0.15) is 0 Å². The first-order chi connectivity index (χ1) is 7.47. The van der Waals surface area contributed by atoms with Crippen molar-refractivity contribution < 1.29 is 9.53 Å². The smallest absolute Gasteiger partial charge is 0.227 e. The standard InChI is InChI=1S/C12H24N2O2/c1-9(10-4-6-16-7-5-10)14-11(15)12(2,3)8-13/h9-10H,4-8,13H2,1-3H3,(H,14,15). The van der Waals surface area contributed by atoms with Crippen molar-refractivity contribution in [2.75, 3.05) is 19.8 Å². The summed E-state index contributed by atoms with van der Waals surface area (Å²) in [5.74, 6) is 0.584. The highest BCUT2D eigenvalue weighted by Crippen LogP contribution is 2.20. The highest BCUT2D eigenvalue weighted by molar-refractivity contribution is 5.82. The van der Waals surface area contributed by atoms with E-state index in [0.29, 0.717) is 12.5 Å². The number of hydrogen-bond donors (Lipinski definition) is 2. The molecule has 0 saturated carbocycles. The van der Waals surface area contributed by atoms with Gasteiger partial charge in [-0.25, -0.2) is 0 Å². The zero-order chi connectivity index (χ0) is 12.2. The van der Waals surface area contributed by atoms with Gasteiger partial charge in [-0.2, -0.15) is 0 Å². The Morgan fingerprint density at radius 3 is 2.56 bits per heavy atom. The quantitative estimate of drug-likeness (QED) is 0.751. The highest BCUT2D eigenvalue weighted by atomic mass is 16.5. The number of nitrogens with one attached hydrogen (secondary N) is 1. The van der Waals surface area contributed by atoms with Crippen molar-refractivity contribution >= 4 is 5.91 Å². The first-order valence-electron chi connectivity index (χ1n) is 6.06. The third-order valence-corrected chi connectivity index (χ3v) is 3.46. The molecule has 0 aromatic carbocycles. The molecule has 3 N–H and O–H groups in total. The molecule has 1 fully saturated rings. The van der Waals surface area contributed by atoms with Crippen LogP contribution in [0.1, 0.15) is 33.6 Å². The fraction of sp³-hybridized carbons (Fsp3) is 0.917. The second-order valence-electron chi connectivity index (χ2n) is 5.30. The van der Waals surface area contributed by atoms with Crippen molar-refractivity contribution in [2.24, 2.45) is 17.1 Å². The van der Waals surface area contributed by atoms with Crippen molar-refractivity contribution in [3.05, 3.63) is 0 Å². The lowest BCUT2D eigenvalue weighted by molar-refractivity contribution is -0.130. The van der Waals surface area contributed by atoms with Crippen LogP contribution in [0.2, 0.25) is 0 Å². The summed E-state index contributed by atoms with van der Waals surface area (Å²) >= 11 is 0. The summed E-state index contributed by atoms with van der Waals surface area (Å²) in [6, 6.07) is 0.210. The van der Waals surface area contributed by atoms with Gasteiger partial charge in [0.15, 0.2) is 0 Å².